The van der Waals surface area contributed by atoms with Gasteiger partial charge in [-0.3, -0.25) is 0 Å². The Kier molecular flexibility index (Phi) is 4.96. The minimum Gasteiger partial charge on any atom is -0.496 e. The summed E-state index contributed by atoms with van der Waals surface area (Å²) in [5.74, 6) is 1.01. The highest BCUT2D eigenvalue weighted by Crippen LogP contribution is 2.25. The quantitative estimate of drug-likeness (QED) is 0.878. The van der Waals surface area contributed by atoms with Crippen LogP contribution in [0.15, 0.2) is 48.5 Å². The maximum Gasteiger partial charge on any atom is 0.126 e. The number of para-hydroxylation sites is 1. The van der Waals surface area contributed by atoms with Gasteiger partial charge in [-0.25, -0.2) is 4.39 Å². The maximum atomic E-state index is 13.1. The van der Waals surface area contributed by atoms with Crippen molar-refractivity contribution in [1.29, 1.82) is 0 Å². The Labute approximate surface area is 118 Å². The topological polar surface area (TPSA) is 30.5 Å². The third-order valence-electron chi connectivity index (χ3n) is 3.08. The van der Waals surface area contributed by atoms with Crippen molar-refractivity contribution in [2.24, 2.45) is 0 Å². The molecule has 0 spiro atoms. The first-order valence-electron chi connectivity index (χ1n) is 6.43. The van der Waals surface area contributed by atoms with Crippen molar-refractivity contribution in [2.45, 2.75) is 6.04 Å². The number of hydrogen-bond acceptors (Lipinski definition) is 3. The number of rotatable bonds is 6. The Bertz CT molecular complexity index is 560. The second-order valence-corrected chi connectivity index (χ2v) is 4.35. The minimum atomic E-state index is -0.305. The lowest BCUT2D eigenvalue weighted by Crippen LogP contribution is -2.23. The fourth-order valence-corrected chi connectivity index (χ4v) is 2.02. The van der Waals surface area contributed by atoms with Crippen molar-refractivity contribution in [1.82, 2.24) is 5.32 Å². The predicted octanol–water partition coefficient (Wildman–Crippen LogP) is 3.17. The van der Waals surface area contributed by atoms with Crippen LogP contribution in [-0.2, 0) is 0 Å². The maximum absolute atomic E-state index is 13.1. The van der Waals surface area contributed by atoms with Crippen LogP contribution in [0.3, 0.4) is 0 Å². The zero-order valence-corrected chi connectivity index (χ0v) is 11.6. The molecule has 0 fully saturated rings. The van der Waals surface area contributed by atoms with Gasteiger partial charge in [0.2, 0.25) is 0 Å². The van der Waals surface area contributed by atoms with Crippen molar-refractivity contribution >= 4 is 0 Å². The van der Waals surface area contributed by atoms with E-state index in [1.807, 2.05) is 31.3 Å². The van der Waals surface area contributed by atoms with Crippen LogP contribution < -0.4 is 14.8 Å². The van der Waals surface area contributed by atoms with Crippen molar-refractivity contribution in [3.63, 3.8) is 0 Å². The van der Waals surface area contributed by atoms with Crippen LogP contribution in [-0.4, -0.2) is 20.8 Å². The van der Waals surface area contributed by atoms with E-state index in [4.69, 9.17) is 9.47 Å². The third-order valence-corrected chi connectivity index (χ3v) is 3.08. The van der Waals surface area contributed by atoms with Crippen LogP contribution in [0.25, 0.3) is 0 Å². The van der Waals surface area contributed by atoms with Crippen LogP contribution >= 0.6 is 0 Å². The van der Waals surface area contributed by atoms with Gasteiger partial charge in [-0.2, -0.15) is 0 Å². The van der Waals surface area contributed by atoms with Gasteiger partial charge in [0.1, 0.15) is 23.9 Å². The van der Waals surface area contributed by atoms with Crippen molar-refractivity contribution in [3.8, 4) is 11.5 Å². The highest BCUT2D eigenvalue weighted by molar-refractivity contribution is 5.36. The molecule has 20 heavy (non-hydrogen) atoms. The summed E-state index contributed by atoms with van der Waals surface area (Å²) in [6.07, 6.45) is 0. The highest BCUT2D eigenvalue weighted by atomic mass is 19.1. The Hall–Kier alpha value is -2.07. The van der Waals surface area contributed by atoms with E-state index in [1.54, 1.807) is 19.2 Å². The van der Waals surface area contributed by atoms with Crippen molar-refractivity contribution in [2.75, 3.05) is 20.8 Å². The molecule has 0 aliphatic rings. The molecule has 0 bridgehead atoms. The van der Waals surface area contributed by atoms with Gasteiger partial charge in [-0.1, -0.05) is 24.3 Å². The van der Waals surface area contributed by atoms with E-state index in [9.17, 15) is 4.39 Å². The number of hydrogen-bond donors (Lipinski definition) is 1. The summed E-state index contributed by atoms with van der Waals surface area (Å²) in [5.41, 5.74) is 1.01. The zero-order valence-electron chi connectivity index (χ0n) is 11.6. The number of likely N-dealkylation sites (N-methyl/N-ethyl adjacent to an activating group) is 1. The number of methoxy groups -OCH3 is 1. The summed E-state index contributed by atoms with van der Waals surface area (Å²) in [4.78, 5) is 0. The van der Waals surface area contributed by atoms with Crippen molar-refractivity contribution < 1.29 is 13.9 Å². The lowest BCUT2D eigenvalue weighted by atomic mass is 10.1. The molecule has 2 aromatic rings. The largest absolute Gasteiger partial charge is 0.496 e. The Morgan fingerprint density at radius 2 is 1.95 bits per heavy atom. The van der Waals surface area contributed by atoms with Gasteiger partial charge in [0.15, 0.2) is 0 Å². The molecule has 2 aromatic carbocycles. The summed E-state index contributed by atoms with van der Waals surface area (Å²) >= 11 is 0. The molecule has 3 nitrogen and oxygen atoms in total. The number of nitrogens with one attached hydrogen (secondary N) is 1. The Balaban J connectivity index is 2.09. The van der Waals surface area contributed by atoms with Gasteiger partial charge in [-0.15, -0.1) is 0 Å². The normalized spacial score (nSPS) is 11.9. The predicted molar refractivity (Wildman–Crippen MR) is 76.7 cm³/mol. The highest BCUT2D eigenvalue weighted by Gasteiger charge is 2.14. The van der Waals surface area contributed by atoms with Crippen LogP contribution in [0.1, 0.15) is 11.6 Å². The molecule has 2 rings (SSSR count). The molecule has 1 atom stereocenters. The van der Waals surface area contributed by atoms with Crippen LogP contribution in [0.4, 0.5) is 4.39 Å². The monoisotopic (exact) mass is 275 g/mol. The first-order chi connectivity index (χ1) is 9.74. The fourth-order valence-electron chi connectivity index (χ4n) is 2.02. The summed E-state index contributed by atoms with van der Waals surface area (Å²) in [6.45, 7) is 0.389. The lowest BCUT2D eigenvalue weighted by Gasteiger charge is -2.19. The molecular formula is C16H18FNO2. The molecule has 0 saturated carbocycles. The molecule has 1 N–H and O–H groups in total. The van der Waals surface area contributed by atoms with Gasteiger partial charge in [0.25, 0.3) is 0 Å². The molecule has 0 aliphatic carbocycles. The van der Waals surface area contributed by atoms with E-state index in [1.165, 1.54) is 12.1 Å². The van der Waals surface area contributed by atoms with E-state index in [0.29, 0.717) is 12.4 Å². The van der Waals surface area contributed by atoms with Crippen LogP contribution in [0.5, 0.6) is 11.5 Å². The average Bonchev–Trinajstić information content (AvgIpc) is 2.48. The average molecular weight is 275 g/mol. The standard InChI is InChI=1S/C16H18FNO2/c1-18-15(14-8-3-4-9-16(14)19-2)11-20-13-7-5-6-12(17)10-13/h3-10,15,18H,11H2,1-2H3. The second kappa shape index (κ2) is 6.91. The van der Waals surface area contributed by atoms with E-state index in [-0.39, 0.29) is 11.9 Å². The van der Waals surface area contributed by atoms with Gasteiger partial charge in [0.05, 0.1) is 13.2 Å². The molecular weight excluding hydrogens is 257 g/mol. The summed E-state index contributed by atoms with van der Waals surface area (Å²) in [6, 6.07) is 13.8. The zero-order chi connectivity index (χ0) is 14.4. The second-order valence-electron chi connectivity index (χ2n) is 4.35. The first kappa shape index (κ1) is 14.3. The number of benzene rings is 2. The third kappa shape index (κ3) is 3.48. The molecule has 0 amide bonds. The number of ether oxygens (including phenoxy) is 2. The van der Waals surface area contributed by atoms with E-state index in [0.717, 1.165) is 11.3 Å². The molecule has 106 valence electrons. The van der Waals surface area contributed by atoms with Crippen LogP contribution in [0, 0.1) is 5.82 Å². The lowest BCUT2D eigenvalue weighted by molar-refractivity contribution is 0.268. The van der Waals surface area contributed by atoms with Gasteiger partial charge in [0, 0.05) is 11.6 Å². The van der Waals surface area contributed by atoms with Crippen molar-refractivity contribution in [3.05, 3.63) is 59.9 Å². The Morgan fingerprint density at radius 1 is 1.15 bits per heavy atom. The summed E-state index contributed by atoms with van der Waals surface area (Å²) in [7, 11) is 3.49. The van der Waals surface area contributed by atoms with E-state index >= 15 is 0 Å². The van der Waals surface area contributed by atoms with Gasteiger partial charge in [-0.05, 0) is 25.2 Å². The summed E-state index contributed by atoms with van der Waals surface area (Å²) in [5, 5.41) is 3.18. The SMILES string of the molecule is CNC(COc1cccc(F)c1)c1ccccc1OC. The molecule has 0 aromatic heterocycles. The molecule has 0 radical (unpaired) electrons. The van der Waals surface area contributed by atoms with Gasteiger partial charge < -0.3 is 14.8 Å². The smallest absolute Gasteiger partial charge is 0.126 e. The van der Waals surface area contributed by atoms with Gasteiger partial charge >= 0.3 is 0 Å². The Morgan fingerprint density at radius 3 is 2.65 bits per heavy atom. The molecule has 0 heterocycles. The van der Waals surface area contributed by atoms with Crippen LogP contribution in [0.2, 0.25) is 0 Å². The fraction of sp³-hybridized carbons (Fsp3) is 0.250. The van der Waals surface area contributed by atoms with E-state index in [2.05, 4.69) is 5.32 Å². The molecule has 0 saturated heterocycles. The molecule has 0 aliphatic heterocycles. The molecule has 1 unspecified atom stereocenters. The number of halogens is 1. The molecule has 4 heteroatoms. The summed E-state index contributed by atoms with van der Waals surface area (Å²) < 4.78 is 24.1. The first-order valence-corrected chi connectivity index (χ1v) is 6.43. The minimum absolute atomic E-state index is 0.0329. The van der Waals surface area contributed by atoms with E-state index < -0.39 is 0 Å².